The smallest absolute Gasteiger partial charge is 0.462 e. The first-order valence-electron chi connectivity index (χ1n) is 43.3. The SMILES string of the molecule is CCCCCCCCCCCCCCCCCCCCCCCC(=O)O[C@H](COC(=O)CCCCCCCCCCCCCCCCCCCCC)COP(=O)(O)OC[C@@H](O)COP(=O)(O)OC[C@@H](COC(=O)CCCCCCC)OC(=O)CCCCCCCCCCCCCCCCCCC. The monoisotopic (exact) mass is 1490 g/mol. The normalized spacial score (nSPS) is 13.8. The molecule has 102 heavy (non-hydrogen) atoms. The van der Waals surface area contributed by atoms with Crippen LogP contribution in [-0.2, 0) is 65.4 Å². The molecule has 2 unspecified atom stereocenters. The summed E-state index contributed by atoms with van der Waals surface area (Å²) >= 11 is 0. The van der Waals surface area contributed by atoms with Crippen molar-refractivity contribution in [1.29, 1.82) is 0 Å². The molecule has 0 amide bonds. The van der Waals surface area contributed by atoms with Gasteiger partial charge in [-0.05, 0) is 25.7 Å². The van der Waals surface area contributed by atoms with Crippen molar-refractivity contribution in [2.45, 2.75) is 470 Å². The van der Waals surface area contributed by atoms with Gasteiger partial charge in [-0.25, -0.2) is 9.13 Å². The van der Waals surface area contributed by atoms with E-state index in [0.29, 0.717) is 25.7 Å². The van der Waals surface area contributed by atoms with Crippen LogP contribution in [-0.4, -0.2) is 96.7 Å². The summed E-state index contributed by atoms with van der Waals surface area (Å²) in [7, 11) is -9.91. The minimum Gasteiger partial charge on any atom is -0.462 e. The topological polar surface area (TPSA) is 237 Å². The number of phosphoric ester groups is 2. The van der Waals surface area contributed by atoms with Gasteiger partial charge in [-0.3, -0.25) is 37.3 Å². The number of carbonyl (C=O) groups excluding carboxylic acids is 4. The fraction of sp³-hybridized carbons (Fsp3) is 0.952. The molecule has 3 N–H and O–H groups in total. The maximum atomic E-state index is 13.1. The number of hydrogen-bond donors (Lipinski definition) is 3. The zero-order chi connectivity index (χ0) is 74.6. The van der Waals surface area contributed by atoms with E-state index in [9.17, 15) is 43.2 Å². The minimum absolute atomic E-state index is 0.108. The van der Waals surface area contributed by atoms with E-state index >= 15 is 0 Å². The van der Waals surface area contributed by atoms with Crippen LogP contribution < -0.4 is 0 Å². The summed E-state index contributed by atoms with van der Waals surface area (Å²) in [5.74, 6) is -2.11. The summed E-state index contributed by atoms with van der Waals surface area (Å²) in [6.45, 7) is 4.95. The molecular weight excluding hydrogens is 1330 g/mol. The number of esters is 4. The number of aliphatic hydroxyl groups excluding tert-OH is 1. The molecule has 606 valence electrons. The summed E-state index contributed by atoms with van der Waals surface area (Å²) in [5, 5.41) is 10.6. The van der Waals surface area contributed by atoms with Gasteiger partial charge in [0, 0.05) is 25.7 Å². The maximum Gasteiger partial charge on any atom is 0.472 e. The Morgan fingerprint density at radius 2 is 0.392 bits per heavy atom. The van der Waals surface area contributed by atoms with Crippen molar-refractivity contribution < 1.29 is 80.2 Å². The average molecular weight is 1490 g/mol. The zero-order valence-electron chi connectivity index (χ0n) is 66.6. The first kappa shape index (κ1) is 100. The van der Waals surface area contributed by atoms with Crippen LogP contribution in [0.3, 0.4) is 0 Å². The van der Waals surface area contributed by atoms with Gasteiger partial charge < -0.3 is 33.8 Å². The highest BCUT2D eigenvalue weighted by atomic mass is 31.2. The molecule has 0 fully saturated rings. The molecule has 0 aliphatic carbocycles. The van der Waals surface area contributed by atoms with Crippen molar-refractivity contribution in [3.05, 3.63) is 0 Å². The molecule has 0 radical (unpaired) electrons. The second kappa shape index (κ2) is 77.2. The Kier molecular flexibility index (Phi) is 75.8. The van der Waals surface area contributed by atoms with Crippen LogP contribution in [0.1, 0.15) is 451 Å². The van der Waals surface area contributed by atoms with Gasteiger partial charge in [-0.1, -0.05) is 400 Å². The number of aliphatic hydroxyl groups is 1. The molecule has 0 aromatic carbocycles. The Morgan fingerprint density at radius 3 is 0.578 bits per heavy atom. The van der Waals surface area contributed by atoms with Gasteiger partial charge in [0.1, 0.15) is 19.3 Å². The van der Waals surface area contributed by atoms with Crippen LogP contribution in [0.4, 0.5) is 0 Å². The number of phosphoric acid groups is 2. The standard InChI is InChI=1S/C83H162O17P2/c1-5-9-13-17-20-23-26-29-32-35-37-38-40-43-46-49-52-55-58-62-66-70-83(88)100-79(74-94-81(86)68-64-60-56-53-50-47-44-42-39-36-33-30-27-24-21-18-14-10-6-2)76-98-102(91,92)96-72-77(84)71-95-101(89,90)97-75-78(73-93-80(85)67-63-59-16-12-8-4)99-82(87)69-65-61-57-54-51-48-45-41-34-31-28-25-22-19-15-11-7-3/h77-79,84H,5-76H2,1-4H3,(H,89,90)(H,91,92)/t77-,78+,79+/m0/s1. The molecule has 0 aromatic rings. The van der Waals surface area contributed by atoms with E-state index in [-0.39, 0.29) is 25.7 Å². The predicted molar refractivity (Wildman–Crippen MR) is 419 cm³/mol. The minimum atomic E-state index is -4.96. The predicted octanol–water partition coefficient (Wildman–Crippen LogP) is 25.4. The fourth-order valence-electron chi connectivity index (χ4n) is 13.0. The van der Waals surface area contributed by atoms with Crippen LogP contribution in [0, 0.1) is 0 Å². The molecule has 0 spiro atoms. The average Bonchev–Trinajstić information content (AvgIpc) is 1.08. The molecule has 0 aromatic heterocycles. The lowest BCUT2D eigenvalue weighted by Crippen LogP contribution is -2.30. The van der Waals surface area contributed by atoms with E-state index in [0.717, 1.165) is 96.3 Å². The van der Waals surface area contributed by atoms with E-state index < -0.39 is 97.5 Å². The summed E-state index contributed by atoms with van der Waals surface area (Å²) in [6, 6.07) is 0. The highest BCUT2D eigenvalue weighted by Gasteiger charge is 2.30. The molecule has 0 rings (SSSR count). The number of carbonyl (C=O) groups is 4. The molecule has 5 atom stereocenters. The van der Waals surface area contributed by atoms with Crippen LogP contribution >= 0.6 is 15.6 Å². The van der Waals surface area contributed by atoms with Crippen molar-refractivity contribution in [2.24, 2.45) is 0 Å². The number of hydrogen-bond acceptors (Lipinski definition) is 15. The number of unbranched alkanes of at least 4 members (excludes halogenated alkanes) is 58. The maximum absolute atomic E-state index is 13.1. The summed E-state index contributed by atoms with van der Waals surface area (Å²) < 4.78 is 68.6. The third-order valence-electron chi connectivity index (χ3n) is 19.6. The Morgan fingerprint density at radius 1 is 0.235 bits per heavy atom. The highest BCUT2D eigenvalue weighted by molar-refractivity contribution is 7.47. The molecule has 0 saturated carbocycles. The fourth-order valence-corrected chi connectivity index (χ4v) is 14.6. The molecule has 17 nitrogen and oxygen atoms in total. The van der Waals surface area contributed by atoms with E-state index in [1.807, 2.05) is 0 Å². The first-order chi connectivity index (χ1) is 49.7. The third kappa shape index (κ3) is 76.3. The number of rotatable bonds is 84. The van der Waals surface area contributed by atoms with Gasteiger partial charge in [-0.2, -0.15) is 0 Å². The second-order valence-electron chi connectivity index (χ2n) is 29.9. The Hall–Kier alpha value is -1.94. The lowest BCUT2D eigenvalue weighted by Gasteiger charge is -2.21. The van der Waals surface area contributed by atoms with Gasteiger partial charge in [0.15, 0.2) is 12.2 Å². The molecule has 0 saturated heterocycles. The highest BCUT2D eigenvalue weighted by Crippen LogP contribution is 2.45. The molecule has 0 aliphatic heterocycles. The molecule has 0 aliphatic rings. The van der Waals surface area contributed by atoms with E-state index in [2.05, 4.69) is 27.7 Å². The van der Waals surface area contributed by atoms with Crippen LogP contribution in [0.5, 0.6) is 0 Å². The lowest BCUT2D eigenvalue weighted by molar-refractivity contribution is -0.161. The van der Waals surface area contributed by atoms with E-state index in [1.165, 1.54) is 276 Å². The summed E-state index contributed by atoms with van der Waals surface area (Å²) in [6.07, 6.45) is 71.4. The number of ether oxygens (including phenoxy) is 4. The zero-order valence-corrected chi connectivity index (χ0v) is 68.4. The van der Waals surface area contributed by atoms with Crippen molar-refractivity contribution >= 4 is 39.5 Å². The molecule has 19 heteroatoms. The Balaban J connectivity index is 5.10. The third-order valence-corrected chi connectivity index (χ3v) is 21.5. The first-order valence-corrected chi connectivity index (χ1v) is 46.3. The molecular formula is C83H162O17P2. The lowest BCUT2D eigenvalue weighted by atomic mass is 10.0. The van der Waals surface area contributed by atoms with Crippen LogP contribution in [0.2, 0.25) is 0 Å². The summed E-state index contributed by atoms with van der Waals surface area (Å²) in [4.78, 5) is 72.8. The van der Waals surface area contributed by atoms with E-state index in [1.54, 1.807) is 0 Å². The van der Waals surface area contributed by atoms with E-state index in [4.69, 9.17) is 37.0 Å². The van der Waals surface area contributed by atoms with Crippen molar-refractivity contribution in [3.63, 3.8) is 0 Å². The van der Waals surface area contributed by atoms with Crippen LogP contribution in [0.15, 0.2) is 0 Å². The quantitative estimate of drug-likeness (QED) is 0.0222. The molecule has 0 heterocycles. The van der Waals surface area contributed by atoms with Crippen LogP contribution in [0.25, 0.3) is 0 Å². The molecule has 0 bridgehead atoms. The van der Waals surface area contributed by atoms with Gasteiger partial charge in [-0.15, -0.1) is 0 Å². The van der Waals surface area contributed by atoms with Crippen molar-refractivity contribution in [3.8, 4) is 0 Å². The Bertz CT molecular complexity index is 1930. The second-order valence-corrected chi connectivity index (χ2v) is 32.8. The Labute approximate surface area is 626 Å². The van der Waals surface area contributed by atoms with Gasteiger partial charge in [0.2, 0.25) is 0 Å². The van der Waals surface area contributed by atoms with Gasteiger partial charge in [0.05, 0.1) is 26.4 Å². The van der Waals surface area contributed by atoms with Gasteiger partial charge >= 0.3 is 39.5 Å². The largest absolute Gasteiger partial charge is 0.472 e. The van der Waals surface area contributed by atoms with Gasteiger partial charge in [0.25, 0.3) is 0 Å². The summed E-state index contributed by atoms with van der Waals surface area (Å²) in [5.41, 5.74) is 0. The van der Waals surface area contributed by atoms with Crippen molar-refractivity contribution in [1.82, 2.24) is 0 Å². The van der Waals surface area contributed by atoms with Crippen molar-refractivity contribution in [2.75, 3.05) is 39.6 Å².